The number of rotatable bonds is 9. The van der Waals surface area contributed by atoms with E-state index in [0.29, 0.717) is 6.54 Å². The number of amides is 1. The Hall–Kier alpha value is -2.63. The van der Waals surface area contributed by atoms with Gasteiger partial charge in [-0.2, -0.15) is 0 Å². The van der Waals surface area contributed by atoms with E-state index in [0.717, 1.165) is 63.1 Å². The number of ether oxygens (including phenoxy) is 2. The molecular formula is C28H36N2O3. The van der Waals surface area contributed by atoms with Gasteiger partial charge in [-0.15, -0.1) is 0 Å². The van der Waals surface area contributed by atoms with Crippen LogP contribution in [0.2, 0.25) is 0 Å². The Kier molecular flexibility index (Phi) is 8.19. The first-order chi connectivity index (χ1) is 16.1. The summed E-state index contributed by atoms with van der Waals surface area (Å²) < 4.78 is 11.6. The Morgan fingerprint density at radius 2 is 1.88 bits per heavy atom. The monoisotopic (exact) mass is 448 g/mol. The van der Waals surface area contributed by atoms with Crippen LogP contribution in [0.5, 0.6) is 5.75 Å². The molecule has 1 spiro atoms. The third kappa shape index (κ3) is 6.92. The number of piperidine rings is 1. The highest BCUT2D eigenvalue weighted by Gasteiger charge is 2.42. The number of carbonyl (C=O) groups excluding carboxylic acids is 1. The second kappa shape index (κ2) is 11.5. The highest BCUT2D eigenvalue weighted by atomic mass is 16.5. The van der Waals surface area contributed by atoms with Crippen molar-refractivity contribution in [1.82, 2.24) is 10.2 Å². The van der Waals surface area contributed by atoms with E-state index in [-0.39, 0.29) is 17.6 Å². The first kappa shape index (κ1) is 23.5. The van der Waals surface area contributed by atoms with Gasteiger partial charge in [0.1, 0.15) is 5.75 Å². The lowest BCUT2D eigenvalue weighted by Gasteiger charge is -2.39. The number of aryl methyl sites for hydroxylation is 1. The van der Waals surface area contributed by atoms with Crippen molar-refractivity contribution in [2.45, 2.75) is 50.2 Å². The number of benzene rings is 2. The molecule has 0 radical (unpaired) electrons. The Morgan fingerprint density at radius 3 is 2.61 bits per heavy atom. The van der Waals surface area contributed by atoms with E-state index in [4.69, 9.17) is 9.47 Å². The van der Waals surface area contributed by atoms with Crippen LogP contribution in [0.15, 0.2) is 60.7 Å². The molecule has 33 heavy (non-hydrogen) atoms. The normalized spacial score (nSPS) is 20.3. The molecule has 2 fully saturated rings. The zero-order chi connectivity index (χ0) is 22.9. The predicted octanol–water partition coefficient (Wildman–Crippen LogP) is 4.47. The minimum atomic E-state index is -0.0800. The van der Waals surface area contributed by atoms with Crippen molar-refractivity contribution in [3.63, 3.8) is 0 Å². The van der Waals surface area contributed by atoms with Gasteiger partial charge < -0.3 is 19.7 Å². The Labute approximate surface area is 197 Å². The third-order valence-corrected chi connectivity index (χ3v) is 6.94. The maximum atomic E-state index is 12.2. The second-order valence-corrected chi connectivity index (χ2v) is 9.24. The van der Waals surface area contributed by atoms with Gasteiger partial charge in [-0.05, 0) is 74.4 Å². The van der Waals surface area contributed by atoms with Crippen molar-refractivity contribution < 1.29 is 14.3 Å². The molecule has 5 nitrogen and oxygen atoms in total. The maximum absolute atomic E-state index is 12.2. The SMILES string of the molecule is COc1ccc(/C=C/C(=O)NC[C@H]2CCC3(CCN(CCCc4ccccc4)CC3)O2)cc1. The highest BCUT2D eigenvalue weighted by molar-refractivity contribution is 5.91. The van der Waals surface area contributed by atoms with Crippen molar-refractivity contribution in [1.29, 1.82) is 0 Å². The fourth-order valence-corrected chi connectivity index (χ4v) is 4.90. The number of hydrogen-bond donors (Lipinski definition) is 1. The standard InChI is InChI=1S/C28H36N2O3/c1-32-25-12-9-24(10-13-25)11-14-27(31)29-22-26-15-16-28(33-26)17-20-30(21-18-28)19-5-8-23-6-3-2-4-7-23/h2-4,6-7,9-14,26H,5,8,15-22H2,1H3,(H,29,31)/b14-11+/t26-/m1/s1. The fraction of sp³-hybridized carbons (Fsp3) is 0.464. The molecule has 4 rings (SSSR count). The number of nitrogens with one attached hydrogen (secondary N) is 1. The lowest BCUT2D eigenvalue weighted by molar-refractivity contribution is -0.118. The van der Waals surface area contributed by atoms with Crippen LogP contribution in [0, 0.1) is 0 Å². The summed E-state index contributed by atoms with van der Waals surface area (Å²) in [4.78, 5) is 14.8. The summed E-state index contributed by atoms with van der Waals surface area (Å²) in [5.41, 5.74) is 2.41. The number of nitrogens with zero attached hydrogens (tertiary/aromatic N) is 1. The van der Waals surface area contributed by atoms with Crippen molar-refractivity contribution in [3.8, 4) is 5.75 Å². The lowest BCUT2D eigenvalue weighted by atomic mass is 9.88. The van der Waals surface area contributed by atoms with E-state index < -0.39 is 0 Å². The van der Waals surface area contributed by atoms with Gasteiger partial charge in [-0.1, -0.05) is 42.5 Å². The van der Waals surface area contributed by atoms with Crippen LogP contribution in [0.3, 0.4) is 0 Å². The average Bonchev–Trinajstić information content (AvgIpc) is 3.26. The lowest BCUT2D eigenvalue weighted by Crippen LogP contribution is -2.45. The molecular weight excluding hydrogens is 412 g/mol. The molecule has 176 valence electrons. The van der Waals surface area contributed by atoms with Crippen LogP contribution < -0.4 is 10.1 Å². The molecule has 1 N–H and O–H groups in total. The van der Waals surface area contributed by atoms with E-state index >= 15 is 0 Å². The number of methoxy groups -OCH3 is 1. The second-order valence-electron chi connectivity index (χ2n) is 9.24. The molecule has 0 aliphatic carbocycles. The maximum Gasteiger partial charge on any atom is 0.244 e. The van der Waals surface area contributed by atoms with E-state index in [1.54, 1.807) is 13.2 Å². The molecule has 5 heteroatoms. The Morgan fingerprint density at radius 1 is 1.12 bits per heavy atom. The van der Waals surface area contributed by atoms with Crippen LogP contribution >= 0.6 is 0 Å². The van der Waals surface area contributed by atoms with Crippen LogP contribution in [0.4, 0.5) is 0 Å². The first-order valence-electron chi connectivity index (χ1n) is 12.2. The quantitative estimate of drug-likeness (QED) is 0.575. The van der Waals surface area contributed by atoms with Crippen molar-refractivity contribution in [3.05, 3.63) is 71.8 Å². The molecule has 2 aromatic rings. The van der Waals surface area contributed by atoms with E-state index in [1.165, 1.54) is 12.0 Å². The molecule has 0 aromatic heterocycles. The molecule has 0 unspecified atom stereocenters. The van der Waals surface area contributed by atoms with Crippen molar-refractivity contribution in [2.75, 3.05) is 33.3 Å². The van der Waals surface area contributed by atoms with Crippen LogP contribution in [0.1, 0.15) is 43.2 Å². The van der Waals surface area contributed by atoms with Crippen LogP contribution in [0.25, 0.3) is 6.08 Å². The van der Waals surface area contributed by atoms with Gasteiger partial charge in [-0.3, -0.25) is 4.79 Å². The van der Waals surface area contributed by atoms with Crippen molar-refractivity contribution >= 4 is 12.0 Å². The molecule has 1 atom stereocenters. The van der Waals surface area contributed by atoms with E-state index in [9.17, 15) is 4.79 Å². The minimum Gasteiger partial charge on any atom is -0.497 e. The first-order valence-corrected chi connectivity index (χ1v) is 12.2. The molecule has 2 aliphatic heterocycles. The van der Waals surface area contributed by atoms with E-state index in [1.807, 2.05) is 30.3 Å². The van der Waals surface area contributed by atoms with Gasteiger partial charge in [0.15, 0.2) is 0 Å². The number of likely N-dealkylation sites (tertiary alicyclic amines) is 1. The van der Waals surface area contributed by atoms with Gasteiger partial charge in [0.25, 0.3) is 0 Å². The van der Waals surface area contributed by atoms with Crippen LogP contribution in [-0.4, -0.2) is 55.8 Å². The molecule has 0 bridgehead atoms. The molecule has 2 saturated heterocycles. The molecule has 1 amide bonds. The molecule has 2 aliphatic rings. The summed E-state index contributed by atoms with van der Waals surface area (Å²) in [6.45, 7) is 3.95. The summed E-state index contributed by atoms with van der Waals surface area (Å²) in [7, 11) is 1.64. The third-order valence-electron chi connectivity index (χ3n) is 6.94. The number of hydrogen-bond acceptors (Lipinski definition) is 4. The summed E-state index contributed by atoms with van der Waals surface area (Å²) in [5.74, 6) is 0.727. The molecule has 2 heterocycles. The van der Waals surface area contributed by atoms with Crippen molar-refractivity contribution in [2.24, 2.45) is 0 Å². The van der Waals surface area contributed by atoms with Gasteiger partial charge >= 0.3 is 0 Å². The fourth-order valence-electron chi connectivity index (χ4n) is 4.90. The Bertz CT molecular complexity index is 902. The van der Waals surface area contributed by atoms with Gasteiger partial charge in [-0.25, -0.2) is 0 Å². The van der Waals surface area contributed by atoms with E-state index in [2.05, 4.69) is 40.5 Å². The topological polar surface area (TPSA) is 50.8 Å². The Balaban J connectivity index is 1.13. The molecule has 2 aromatic carbocycles. The summed E-state index contributed by atoms with van der Waals surface area (Å²) in [5, 5.41) is 3.01. The summed E-state index contributed by atoms with van der Waals surface area (Å²) >= 11 is 0. The largest absolute Gasteiger partial charge is 0.497 e. The van der Waals surface area contributed by atoms with Gasteiger partial charge in [0.2, 0.25) is 5.91 Å². The number of carbonyl (C=O) groups is 1. The molecule has 0 saturated carbocycles. The van der Waals surface area contributed by atoms with Gasteiger partial charge in [0, 0.05) is 25.7 Å². The summed E-state index contributed by atoms with van der Waals surface area (Å²) in [6.07, 6.45) is 10.2. The smallest absolute Gasteiger partial charge is 0.244 e. The predicted molar refractivity (Wildman–Crippen MR) is 132 cm³/mol. The highest BCUT2D eigenvalue weighted by Crippen LogP contribution is 2.38. The minimum absolute atomic E-state index is 0.0181. The zero-order valence-corrected chi connectivity index (χ0v) is 19.7. The average molecular weight is 449 g/mol. The summed E-state index contributed by atoms with van der Waals surface area (Å²) in [6, 6.07) is 18.4. The van der Waals surface area contributed by atoms with Crippen LogP contribution in [-0.2, 0) is 16.0 Å². The van der Waals surface area contributed by atoms with Gasteiger partial charge in [0.05, 0.1) is 18.8 Å². The zero-order valence-electron chi connectivity index (χ0n) is 19.7.